The maximum Gasteiger partial charge on any atom is 0.168 e. The van der Waals surface area contributed by atoms with E-state index in [2.05, 4.69) is 10.3 Å². The number of nitrogens with zero attached hydrogens (tertiary/aromatic N) is 2. The summed E-state index contributed by atoms with van der Waals surface area (Å²) in [5.41, 5.74) is 0. The smallest absolute Gasteiger partial charge is 0.168 e. The molecule has 0 amide bonds. The normalized spacial score (nSPS) is 10.9. The van der Waals surface area contributed by atoms with Gasteiger partial charge < -0.3 is 15.0 Å². The minimum atomic E-state index is -0.675. The molecule has 1 rings (SSSR count). The van der Waals surface area contributed by atoms with Crippen molar-refractivity contribution in [1.29, 1.82) is 0 Å². The van der Waals surface area contributed by atoms with E-state index in [9.17, 15) is 8.78 Å². The van der Waals surface area contributed by atoms with Crippen molar-refractivity contribution in [3.05, 3.63) is 17.7 Å². The topological polar surface area (TPSA) is 37.4 Å². The number of likely N-dealkylation sites (N-methyl/N-ethyl adjacent to an activating group) is 1. The number of ether oxygens (including phenoxy) is 1. The molecule has 0 unspecified atom stereocenters. The van der Waals surface area contributed by atoms with E-state index in [1.807, 2.05) is 20.8 Å². The third-order valence-electron chi connectivity index (χ3n) is 2.69. The van der Waals surface area contributed by atoms with Crippen molar-refractivity contribution < 1.29 is 13.5 Å². The summed E-state index contributed by atoms with van der Waals surface area (Å²) in [6.45, 7) is 7.37. The standard InChI is InChI=1S/C14H23F2N3O/c1-5-6-17-13-11(15)9-12(16)14(18-13)19(4)7-8-20-10(2)3/h9-10H,5-8H2,1-4H3,(H,17,18). The van der Waals surface area contributed by atoms with Crippen LogP contribution in [0.25, 0.3) is 0 Å². The molecule has 0 bridgehead atoms. The number of anilines is 2. The van der Waals surface area contributed by atoms with Crippen molar-refractivity contribution >= 4 is 11.6 Å². The van der Waals surface area contributed by atoms with Crippen LogP contribution < -0.4 is 10.2 Å². The summed E-state index contributed by atoms with van der Waals surface area (Å²) in [4.78, 5) is 5.64. The molecule has 1 aromatic heterocycles. The fourth-order valence-corrected chi connectivity index (χ4v) is 1.62. The summed E-state index contributed by atoms with van der Waals surface area (Å²) in [6, 6.07) is 0.861. The molecule has 4 nitrogen and oxygen atoms in total. The maximum absolute atomic E-state index is 13.8. The molecular formula is C14H23F2N3O. The first-order valence-electron chi connectivity index (χ1n) is 6.88. The van der Waals surface area contributed by atoms with E-state index in [0.717, 1.165) is 12.5 Å². The minimum absolute atomic E-state index is 0.0832. The van der Waals surface area contributed by atoms with Crippen LogP contribution in [0, 0.1) is 11.6 Å². The van der Waals surface area contributed by atoms with E-state index in [-0.39, 0.29) is 17.7 Å². The Kier molecular flexibility index (Phi) is 6.64. The van der Waals surface area contributed by atoms with Crippen molar-refractivity contribution in [3.63, 3.8) is 0 Å². The predicted octanol–water partition coefficient (Wildman–Crippen LogP) is 3.04. The highest BCUT2D eigenvalue weighted by Gasteiger charge is 2.15. The number of rotatable bonds is 8. The quantitative estimate of drug-likeness (QED) is 0.797. The van der Waals surface area contributed by atoms with Gasteiger partial charge in [0, 0.05) is 26.2 Å². The molecule has 0 aliphatic carbocycles. The van der Waals surface area contributed by atoms with Crippen LogP contribution in [0.15, 0.2) is 6.07 Å². The molecule has 1 aromatic rings. The van der Waals surface area contributed by atoms with Gasteiger partial charge in [-0.3, -0.25) is 0 Å². The summed E-state index contributed by atoms with van der Waals surface area (Å²) in [5, 5.41) is 2.85. The zero-order valence-electron chi connectivity index (χ0n) is 12.5. The van der Waals surface area contributed by atoms with E-state index in [1.54, 1.807) is 11.9 Å². The van der Waals surface area contributed by atoms with Crippen LogP contribution in [0.1, 0.15) is 27.2 Å². The Morgan fingerprint density at radius 1 is 1.35 bits per heavy atom. The molecule has 1 heterocycles. The van der Waals surface area contributed by atoms with Crippen molar-refractivity contribution in [3.8, 4) is 0 Å². The fourth-order valence-electron chi connectivity index (χ4n) is 1.62. The first-order chi connectivity index (χ1) is 9.45. The Hall–Kier alpha value is -1.43. The molecule has 0 aliphatic heterocycles. The monoisotopic (exact) mass is 287 g/mol. The van der Waals surface area contributed by atoms with Crippen molar-refractivity contribution in [2.45, 2.75) is 33.3 Å². The van der Waals surface area contributed by atoms with Crippen LogP contribution in [-0.4, -0.2) is 37.8 Å². The number of pyridine rings is 1. The van der Waals surface area contributed by atoms with E-state index in [1.165, 1.54) is 0 Å². The molecule has 0 spiro atoms. The molecule has 6 heteroatoms. The predicted molar refractivity (Wildman–Crippen MR) is 77.3 cm³/mol. The van der Waals surface area contributed by atoms with Crippen LogP contribution in [0.5, 0.6) is 0 Å². The second kappa shape index (κ2) is 7.99. The second-order valence-electron chi connectivity index (χ2n) is 4.89. The number of aromatic nitrogens is 1. The number of hydrogen-bond donors (Lipinski definition) is 1. The van der Waals surface area contributed by atoms with Gasteiger partial charge in [0.1, 0.15) is 0 Å². The molecule has 20 heavy (non-hydrogen) atoms. The van der Waals surface area contributed by atoms with Gasteiger partial charge in [-0.25, -0.2) is 13.8 Å². The molecule has 0 saturated carbocycles. The SMILES string of the molecule is CCCNc1nc(N(C)CCOC(C)C)c(F)cc1F. The summed E-state index contributed by atoms with van der Waals surface area (Å²) in [5.74, 6) is -1.14. The van der Waals surface area contributed by atoms with Gasteiger partial charge in [0.25, 0.3) is 0 Å². The summed E-state index contributed by atoms with van der Waals surface area (Å²) >= 11 is 0. The van der Waals surface area contributed by atoms with Crippen LogP contribution in [0.4, 0.5) is 20.4 Å². The average Bonchev–Trinajstić information content (AvgIpc) is 2.37. The molecule has 0 atom stereocenters. The lowest BCUT2D eigenvalue weighted by atomic mass is 10.3. The molecule has 0 fully saturated rings. The highest BCUT2D eigenvalue weighted by Crippen LogP contribution is 2.21. The Morgan fingerprint density at radius 3 is 2.65 bits per heavy atom. The van der Waals surface area contributed by atoms with Gasteiger partial charge in [-0.15, -0.1) is 0 Å². The molecule has 0 aliphatic rings. The van der Waals surface area contributed by atoms with Gasteiger partial charge in [-0.1, -0.05) is 6.92 Å². The van der Waals surface area contributed by atoms with Gasteiger partial charge in [0.05, 0.1) is 12.7 Å². The van der Waals surface area contributed by atoms with Crippen molar-refractivity contribution in [1.82, 2.24) is 4.98 Å². The van der Waals surface area contributed by atoms with E-state index in [4.69, 9.17) is 4.74 Å². The molecule has 1 N–H and O–H groups in total. The first-order valence-corrected chi connectivity index (χ1v) is 6.88. The lowest BCUT2D eigenvalue weighted by Crippen LogP contribution is -2.26. The molecule has 114 valence electrons. The third kappa shape index (κ3) is 4.92. The highest BCUT2D eigenvalue weighted by molar-refractivity contribution is 5.48. The Bertz CT molecular complexity index is 427. The second-order valence-corrected chi connectivity index (χ2v) is 4.89. The largest absolute Gasteiger partial charge is 0.377 e. The number of halogens is 2. The third-order valence-corrected chi connectivity index (χ3v) is 2.69. The average molecular weight is 287 g/mol. The molecular weight excluding hydrogens is 264 g/mol. The Balaban J connectivity index is 2.76. The summed E-state index contributed by atoms with van der Waals surface area (Å²) in [7, 11) is 1.70. The lowest BCUT2D eigenvalue weighted by molar-refractivity contribution is 0.0845. The highest BCUT2D eigenvalue weighted by atomic mass is 19.1. The fraction of sp³-hybridized carbons (Fsp3) is 0.643. The molecule has 0 radical (unpaired) electrons. The van der Waals surface area contributed by atoms with Gasteiger partial charge >= 0.3 is 0 Å². The van der Waals surface area contributed by atoms with Crippen molar-refractivity contribution in [2.24, 2.45) is 0 Å². The summed E-state index contributed by atoms with van der Waals surface area (Å²) < 4.78 is 32.8. The Labute approximate surface area is 119 Å². The van der Waals surface area contributed by atoms with Crippen molar-refractivity contribution in [2.75, 3.05) is 37.0 Å². The maximum atomic E-state index is 13.8. The van der Waals surface area contributed by atoms with Crippen LogP contribution in [-0.2, 0) is 4.74 Å². The molecule has 0 aromatic carbocycles. The van der Waals surface area contributed by atoms with Crippen LogP contribution in [0.2, 0.25) is 0 Å². The number of nitrogens with one attached hydrogen (secondary N) is 1. The van der Waals surface area contributed by atoms with Gasteiger partial charge in [0.15, 0.2) is 23.3 Å². The Morgan fingerprint density at radius 2 is 2.05 bits per heavy atom. The van der Waals surface area contributed by atoms with Gasteiger partial charge in [-0.2, -0.15) is 0 Å². The van der Waals surface area contributed by atoms with E-state index >= 15 is 0 Å². The van der Waals surface area contributed by atoms with Crippen LogP contribution >= 0.6 is 0 Å². The minimum Gasteiger partial charge on any atom is -0.377 e. The number of hydrogen-bond acceptors (Lipinski definition) is 4. The van der Waals surface area contributed by atoms with E-state index in [0.29, 0.717) is 19.7 Å². The lowest BCUT2D eigenvalue weighted by Gasteiger charge is -2.20. The van der Waals surface area contributed by atoms with Gasteiger partial charge in [0.2, 0.25) is 0 Å². The summed E-state index contributed by atoms with van der Waals surface area (Å²) in [6.07, 6.45) is 0.961. The first kappa shape index (κ1) is 16.6. The zero-order valence-corrected chi connectivity index (χ0v) is 12.5. The van der Waals surface area contributed by atoms with Crippen LogP contribution in [0.3, 0.4) is 0 Å². The molecule has 0 saturated heterocycles. The van der Waals surface area contributed by atoms with E-state index < -0.39 is 11.6 Å². The van der Waals surface area contributed by atoms with Gasteiger partial charge in [-0.05, 0) is 20.3 Å². The zero-order chi connectivity index (χ0) is 15.1.